The highest BCUT2D eigenvalue weighted by Gasteiger charge is 2.60. The quantitative estimate of drug-likeness (QED) is 0.467. The van der Waals surface area contributed by atoms with Crippen molar-refractivity contribution in [3.8, 4) is 0 Å². The fraction of sp³-hybridized carbons (Fsp3) is 0.565. The van der Waals surface area contributed by atoms with Gasteiger partial charge < -0.3 is 24.3 Å². The lowest BCUT2D eigenvalue weighted by molar-refractivity contribution is -0.167. The molecule has 3 rings (SSSR count). The summed E-state index contributed by atoms with van der Waals surface area (Å²) >= 11 is 0. The van der Waals surface area contributed by atoms with Gasteiger partial charge in [0.2, 0.25) is 0 Å². The van der Waals surface area contributed by atoms with Crippen molar-refractivity contribution in [2.24, 2.45) is 5.92 Å². The summed E-state index contributed by atoms with van der Waals surface area (Å²) in [7, 11) is 0. The van der Waals surface area contributed by atoms with Crippen molar-refractivity contribution in [2.75, 3.05) is 13.2 Å². The number of carbonyl (C=O) groups is 2. The Morgan fingerprint density at radius 3 is 2.56 bits per heavy atom. The third-order valence-corrected chi connectivity index (χ3v) is 5.42. The van der Waals surface area contributed by atoms with Gasteiger partial charge in [-0.25, -0.2) is 9.18 Å². The van der Waals surface area contributed by atoms with Crippen molar-refractivity contribution in [1.29, 1.82) is 0 Å². The van der Waals surface area contributed by atoms with Crippen molar-refractivity contribution in [2.45, 2.75) is 64.5 Å². The Kier molecular flexibility index (Phi) is 7.86. The number of ether oxygens (including phenoxy) is 4. The predicted octanol–water partition coefficient (Wildman–Crippen LogP) is 2.83. The second kappa shape index (κ2) is 10.4. The molecule has 32 heavy (non-hydrogen) atoms. The van der Waals surface area contributed by atoms with Gasteiger partial charge in [-0.3, -0.25) is 10.1 Å². The van der Waals surface area contributed by atoms with Gasteiger partial charge in [-0.2, -0.15) is 0 Å². The predicted molar refractivity (Wildman–Crippen MR) is 114 cm³/mol. The van der Waals surface area contributed by atoms with Gasteiger partial charge in [0.25, 0.3) is 5.91 Å². The van der Waals surface area contributed by atoms with Crippen LogP contribution in [0.1, 0.15) is 33.3 Å². The molecule has 5 unspecified atom stereocenters. The Morgan fingerprint density at radius 1 is 1.19 bits per heavy atom. The normalized spacial score (nSPS) is 28.8. The van der Waals surface area contributed by atoms with E-state index in [4.69, 9.17) is 18.9 Å². The summed E-state index contributed by atoms with van der Waals surface area (Å²) in [6, 6.07) is 7.77. The molecule has 0 bridgehead atoms. The topological polar surface area (TPSA) is 95.1 Å². The van der Waals surface area contributed by atoms with Gasteiger partial charge in [-0.05, 0) is 33.3 Å². The molecule has 2 aliphatic rings. The van der Waals surface area contributed by atoms with Crippen LogP contribution in [0.15, 0.2) is 42.2 Å². The number of halogens is 1. The van der Waals surface area contributed by atoms with Crippen molar-refractivity contribution in [1.82, 2.24) is 10.6 Å². The number of rotatable bonds is 8. The third-order valence-electron chi connectivity index (χ3n) is 5.42. The molecule has 176 valence electrons. The first kappa shape index (κ1) is 24.2. The zero-order chi connectivity index (χ0) is 23.3. The Balaban J connectivity index is 1.62. The van der Waals surface area contributed by atoms with E-state index >= 15 is 4.39 Å². The van der Waals surface area contributed by atoms with E-state index in [9.17, 15) is 9.59 Å². The zero-order valence-electron chi connectivity index (χ0n) is 18.8. The maximum atomic E-state index is 15.4. The molecule has 8 nitrogen and oxygen atoms in total. The molecule has 0 aromatic heterocycles. The van der Waals surface area contributed by atoms with Gasteiger partial charge in [0.1, 0.15) is 12.3 Å². The van der Waals surface area contributed by atoms with E-state index in [1.807, 2.05) is 30.3 Å². The summed E-state index contributed by atoms with van der Waals surface area (Å²) in [5.41, 5.74) is 1.20. The first-order valence-corrected chi connectivity index (χ1v) is 10.7. The monoisotopic (exact) mass is 450 g/mol. The summed E-state index contributed by atoms with van der Waals surface area (Å²) < 4.78 is 38.0. The summed E-state index contributed by atoms with van der Waals surface area (Å²) in [4.78, 5) is 24.5. The van der Waals surface area contributed by atoms with Crippen LogP contribution < -0.4 is 10.6 Å². The average molecular weight is 451 g/mol. The molecule has 1 aliphatic carbocycles. The van der Waals surface area contributed by atoms with E-state index < -0.39 is 48.1 Å². The molecule has 2 N–H and O–H groups in total. The largest absolute Gasteiger partial charge is 0.501 e. The van der Waals surface area contributed by atoms with Gasteiger partial charge in [0, 0.05) is 11.5 Å². The SMILES string of the molecule is CCOC=C(C)C(=O)NC(=O)NC1C(F)C(COCc2ccccc2)C2OC(C)(C)OC12. The van der Waals surface area contributed by atoms with Crippen LogP contribution in [0, 0.1) is 5.92 Å². The highest BCUT2D eigenvalue weighted by molar-refractivity contribution is 6.03. The molecule has 5 atom stereocenters. The van der Waals surface area contributed by atoms with Crippen LogP contribution in [0.3, 0.4) is 0 Å². The maximum Gasteiger partial charge on any atom is 0.322 e. The van der Waals surface area contributed by atoms with Crippen LogP contribution in [0.2, 0.25) is 0 Å². The van der Waals surface area contributed by atoms with Gasteiger partial charge in [-0.1, -0.05) is 30.3 Å². The molecule has 1 aromatic rings. The molecule has 2 fully saturated rings. The summed E-state index contributed by atoms with van der Waals surface area (Å²) in [5.74, 6) is -2.19. The number of urea groups is 1. The Bertz CT molecular complexity index is 831. The molecule has 1 saturated carbocycles. The number of hydrogen-bond donors (Lipinski definition) is 2. The molecule has 0 radical (unpaired) electrons. The van der Waals surface area contributed by atoms with Crippen molar-refractivity contribution >= 4 is 11.9 Å². The number of nitrogens with one attached hydrogen (secondary N) is 2. The fourth-order valence-electron chi connectivity index (χ4n) is 3.94. The number of amides is 3. The summed E-state index contributed by atoms with van der Waals surface area (Å²) in [6.07, 6.45) is -1.50. The molecule has 1 aliphatic heterocycles. The fourth-order valence-corrected chi connectivity index (χ4v) is 3.94. The lowest BCUT2D eigenvalue weighted by Gasteiger charge is -2.26. The highest BCUT2D eigenvalue weighted by atomic mass is 19.1. The first-order valence-electron chi connectivity index (χ1n) is 10.7. The number of alkyl halides is 1. The van der Waals surface area contributed by atoms with Gasteiger partial charge >= 0.3 is 6.03 Å². The van der Waals surface area contributed by atoms with Crippen LogP contribution >= 0.6 is 0 Å². The van der Waals surface area contributed by atoms with Crippen LogP contribution in [0.4, 0.5) is 9.18 Å². The van der Waals surface area contributed by atoms with E-state index in [1.54, 1.807) is 20.8 Å². The minimum Gasteiger partial charge on any atom is -0.501 e. The standard InChI is InChI=1S/C23H31FN2O6/c1-5-29-11-14(2)21(27)26-22(28)25-18-17(24)16(19-20(18)32-23(3,4)31-19)13-30-12-15-9-7-6-8-10-15/h6-11,16-20H,5,12-13H2,1-4H3,(H2,25,26,27,28). The maximum absolute atomic E-state index is 15.4. The lowest BCUT2D eigenvalue weighted by Crippen LogP contribution is -2.52. The number of hydrogen-bond acceptors (Lipinski definition) is 6. The second-order valence-corrected chi connectivity index (χ2v) is 8.38. The van der Waals surface area contributed by atoms with Crippen LogP contribution in [-0.4, -0.2) is 55.4 Å². The van der Waals surface area contributed by atoms with E-state index in [1.165, 1.54) is 13.2 Å². The highest BCUT2D eigenvalue weighted by Crippen LogP contribution is 2.43. The summed E-state index contributed by atoms with van der Waals surface area (Å²) in [5, 5.41) is 4.73. The number of imide groups is 1. The van der Waals surface area contributed by atoms with Gasteiger partial charge in [0.05, 0.1) is 38.2 Å². The van der Waals surface area contributed by atoms with Crippen LogP contribution in [-0.2, 0) is 30.3 Å². The van der Waals surface area contributed by atoms with E-state index in [0.717, 1.165) is 5.56 Å². The molecule has 1 saturated heterocycles. The first-order chi connectivity index (χ1) is 15.2. The Labute approximate surface area is 187 Å². The third kappa shape index (κ3) is 5.85. The smallest absolute Gasteiger partial charge is 0.322 e. The minimum atomic E-state index is -1.47. The molecular formula is C23H31FN2O6. The van der Waals surface area contributed by atoms with E-state index in [2.05, 4.69) is 10.6 Å². The second-order valence-electron chi connectivity index (χ2n) is 8.38. The number of benzene rings is 1. The van der Waals surface area contributed by atoms with Gasteiger partial charge in [0.15, 0.2) is 5.79 Å². The van der Waals surface area contributed by atoms with Crippen molar-refractivity contribution in [3.05, 3.63) is 47.7 Å². The van der Waals surface area contributed by atoms with Crippen LogP contribution in [0.5, 0.6) is 0 Å². The molecule has 1 heterocycles. The molecule has 3 amide bonds. The molecule has 1 aromatic carbocycles. The Hall–Kier alpha value is -2.49. The molecular weight excluding hydrogens is 419 g/mol. The summed E-state index contributed by atoms with van der Waals surface area (Å²) in [6.45, 7) is 7.60. The van der Waals surface area contributed by atoms with Crippen molar-refractivity contribution < 1.29 is 32.9 Å². The lowest BCUT2D eigenvalue weighted by atomic mass is 10.1. The van der Waals surface area contributed by atoms with Crippen molar-refractivity contribution in [3.63, 3.8) is 0 Å². The Morgan fingerprint density at radius 2 is 1.88 bits per heavy atom. The molecule has 9 heteroatoms. The zero-order valence-corrected chi connectivity index (χ0v) is 18.8. The average Bonchev–Trinajstić information content (AvgIpc) is 3.18. The number of fused-ring (bicyclic) bond motifs is 1. The van der Waals surface area contributed by atoms with E-state index in [-0.39, 0.29) is 12.2 Å². The number of carbonyl (C=O) groups excluding carboxylic acids is 2. The van der Waals surface area contributed by atoms with Gasteiger partial charge in [-0.15, -0.1) is 0 Å². The van der Waals surface area contributed by atoms with E-state index in [0.29, 0.717) is 13.2 Å². The minimum absolute atomic E-state index is 0.103. The molecule has 0 spiro atoms. The van der Waals surface area contributed by atoms with Crippen LogP contribution in [0.25, 0.3) is 0 Å².